The van der Waals surface area contributed by atoms with E-state index in [1.54, 1.807) is 0 Å². The van der Waals surface area contributed by atoms with Crippen molar-refractivity contribution in [2.24, 2.45) is 0 Å². The van der Waals surface area contributed by atoms with Crippen molar-refractivity contribution in [3.05, 3.63) is 72.9 Å². The molecule has 0 rings (SSSR count). The van der Waals surface area contributed by atoms with Gasteiger partial charge < -0.3 is 14.2 Å². The Kier molecular flexibility index (Phi) is 59.7. The highest BCUT2D eigenvalue weighted by Gasteiger charge is 2.19. The summed E-state index contributed by atoms with van der Waals surface area (Å²) in [4.78, 5) is 38.2. The fourth-order valence-corrected chi connectivity index (χ4v) is 9.17. The third-order valence-electron chi connectivity index (χ3n) is 13.9. The van der Waals surface area contributed by atoms with E-state index in [-0.39, 0.29) is 31.1 Å². The van der Waals surface area contributed by atoms with E-state index in [0.717, 1.165) is 96.3 Å². The molecule has 0 fully saturated rings. The van der Waals surface area contributed by atoms with Crippen molar-refractivity contribution >= 4 is 17.9 Å². The number of hydrogen-bond donors (Lipinski definition) is 0. The van der Waals surface area contributed by atoms with E-state index in [9.17, 15) is 14.4 Å². The molecule has 6 heteroatoms. The van der Waals surface area contributed by atoms with Crippen LogP contribution >= 0.6 is 0 Å². The van der Waals surface area contributed by atoms with Gasteiger partial charge in [0.25, 0.3) is 0 Å². The third kappa shape index (κ3) is 59.7. The fraction of sp³-hybridized carbons (Fsp3) is 0.779. The van der Waals surface area contributed by atoms with Crippen molar-refractivity contribution in [1.82, 2.24) is 0 Å². The Morgan fingerprint density at radius 3 is 0.851 bits per heavy atom. The van der Waals surface area contributed by atoms with Crippen molar-refractivity contribution < 1.29 is 28.6 Å². The van der Waals surface area contributed by atoms with E-state index >= 15 is 0 Å². The molecule has 0 spiro atoms. The van der Waals surface area contributed by atoms with E-state index in [0.29, 0.717) is 19.3 Å². The highest BCUT2D eigenvalue weighted by Crippen LogP contribution is 2.17. The second-order valence-corrected chi connectivity index (χ2v) is 21.3. The second-order valence-electron chi connectivity index (χ2n) is 21.3. The normalized spacial score (nSPS) is 12.5. The Bertz CT molecular complexity index is 1370. The lowest BCUT2D eigenvalue weighted by Gasteiger charge is -2.18. The summed E-state index contributed by atoms with van der Waals surface area (Å²) in [7, 11) is 0. The van der Waals surface area contributed by atoms with E-state index in [1.807, 2.05) is 0 Å². The van der Waals surface area contributed by atoms with Gasteiger partial charge in [-0.15, -0.1) is 0 Å². The van der Waals surface area contributed by atoms with Crippen LogP contribution in [0, 0.1) is 0 Å². The zero-order valence-corrected chi connectivity index (χ0v) is 49.1. The summed E-state index contributed by atoms with van der Waals surface area (Å²) in [5.74, 6) is -0.869. The van der Waals surface area contributed by atoms with Gasteiger partial charge in [-0.25, -0.2) is 0 Å². The number of carbonyl (C=O) groups excluding carboxylic acids is 3. The zero-order chi connectivity index (χ0) is 53.6. The van der Waals surface area contributed by atoms with E-state index in [2.05, 4.69) is 93.7 Å². The van der Waals surface area contributed by atoms with Crippen LogP contribution in [0.15, 0.2) is 72.9 Å². The topological polar surface area (TPSA) is 78.9 Å². The Labute approximate surface area is 459 Å². The first-order valence-corrected chi connectivity index (χ1v) is 31.9. The van der Waals surface area contributed by atoms with Crippen molar-refractivity contribution in [1.29, 1.82) is 0 Å². The fourth-order valence-electron chi connectivity index (χ4n) is 9.17. The SMILES string of the molecule is CC/C=C\C/C=C\C/C=C\C/C=C\C/C=C\CCCCCCCCCCCCCCCC(=O)OCC(COC(=O)CCCCCCC/C=C\CCCCCC)OC(=O)CCCCCCCCCCCCCCCC. The minimum absolute atomic E-state index is 0.0745. The molecule has 1 atom stereocenters. The highest BCUT2D eigenvalue weighted by atomic mass is 16.6. The summed E-state index contributed by atoms with van der Waals surface area (Å²) < 4.78 is 16.9. The van der Waals surface area contributed by atoms with E-state index in [1.165, 1.54) is 186 Å². The zero-order valence-electron chi connectivity index (χ0n) is 49.1. The first-order chi connectivity index (χ1) is 36.5. The molecule has 0 heterocycles. The second kappa shape index (κ2) is 62.4. The number of ether oxygens (including phenoxy) is 3. The molecule has 74 heavy (non-hydrogen) atoms. The number of allylic oxidation sites excluding steroid dienone is 12. The van der Waals surface area contributed by atoms with Crippen LogP contribution in [0.1, 0.15) is 323 Å². The largest absolute Gasteiger partial charge is 0.462 e. The molecule has 6 nitrogen and oxygen atoms in total. The molecule has 0 saturated heterocycles. The smallest absolute Gasteiger partial charge is 0.306 e. The quantitative estimate of drug-likeness (QED) is 0.0261. The molecule has 0 aliphatic rings. The molecule has 0 N–H and O–H groups in total. The van der Waals surface area contributed by atoms with Gasteiger partial charge in [-0.05, 0) is 89.9 Å². The molecule has 0 bridgehead atoms. The summed E-state index contributed by atoms with van der Waals surface area (Å²) in [6.45, 7) is 6.54. The lowest BCUT2D eigenvalue weighted by atomic mass is 10.0. The average molecular weight is 1030 g/mol. The van der Waals surface area contributed by atoms with Gasteiger partial charge in [-0.1, -0.05) is 286 Å². The molecule has 0 aliphatic heterocycles. The van der Waals surface area contributed by atoms with Crippen molar-refractivity contribution in [2.75, 3.05) is 13.2 Å². The summed E-state index contributed by atoms with van der Waals surface area (Å²) in [6, 6.07) is 0. The molecule has 0 amide bonds. The maximum atomic E-state index is 12.9. The third-order valence-corrected chi connectivity index (χ3v) is 13.9. The van der Waals surface area contributed by atoms with E-state index in [4.69, 9.17) is 14.2 Å². The molecular formula is C68H120O6. The van der Waals surface area contributed by atoms with Crippen LogP contribution in [-0.4, -0.2) is 37.2 Å². The van der Waals surface area contributed by atoms with Gasteiger partial charge in [0.1, 0.15) is 13.2 Å². The summed E-state index contributed by atoms with van der Waals surface area (Å²) >= 11 is 0. The number of esters is 3. The monoisotopic (exact) mass is 1030 g/mol. The first kappa shape index (κ1) is 70.8. The van der Waals surface area contributed by atoms with Gasteiger partial charge in [-0.2, -0.15) is 0 Å². The predicted molar refractivity (Wildman–Crippen MR) is 321 cm³/mol. The molecule has 0 aromatic rings. The molecule has 0 aromatic carbocycles. The molecule has 0 aliphatic carbocycles. The summed E-state index contributed by atoms with van der Waals surface area (Å²) in [5, 5.41) is 0. The molecule has 0 saturated carbocycles. The Morgan fingerprint density at radius 2 is 0.527 bits per heavy atom. The maximum Gasteiger partial charge on any atom is 0.306 e. The predicted octanol–water partition coefficient (Wildman–Crippen LogP) is 21.7. The van der Waals surface area contributed by atoms with Crippen LogP contribution in [0.25, 0.3) is 0 Å². The molecule has 1 unspecified atom stereocenters. The lowest BCUT2D eigenvalue weighted by molar-refractivity contribution is -0.167. The van der Waals surface area contributed by atoms with Crippen LogP contribution in [-0.2, 0) is 28.6 Å². The minimum Gasteiger partial charge on any atom is -0.462 e. The molecular weight excluding hydrogens is 913 g/mol. The van der Waals surface area contributed by atoms with Gasteiger partial charge in [0.15, 0.2) is 6.10 Å². The standard InChI is InChI=1S/C68H120O6/c1-4-7-10-13-16-19-22-25-27-28-29-30-31-32-33-34-35-36-37-38-39-40-41-44-46-49-52-55-58-61-67(70)73-64-65(63-72-66(69)60-57-54-51-48-45-42-24-21-18-15-12-9-6-3)74-68(71)62-59-56-53-50-47-43-26-23-20-17-14-11-8-5-2/h7,10,16,19,21,24-25,27,29-30,32-33,65H,4-6,8-9,11-15,17-18,20,22-23,26,28,31,34-64H2,1-3H3/b10-7-,19-16-,24-21-,27-25-,30-29-,33-32-. The van der Waals surface area contributed by atoms with Gasteiger partial charge in [0, 0.05) is 19.3 Å². The molecule has 0 aromatic heterocycles. The van der Waals surface area contributed by atoms with Crippen LogP contribution in [0.3, 0.4) is 0 Å². The molecule has 0 radical (unpaired) electrons. The van der Waals surface area contributed by atoms with E-state index < -0.39 is 6.10 Å². The highest BCUT2D eigenvalue weighted by molar-refractivity contribution is 5.71. The van der Waals surface area contributed by atoms with Gasteiger partial charge in [0.05, 0.1) is 0 Å². The van der Waals surface area contributed by atoms with Gasteiger partial charge in [-0.3, -0.25) is 14.4 Å². The van der Waals surface area contributed by atoms with Crippen LogP contribution < -0.4 is 0 Å². The number of rotatable bonds is 58. The number of hydrogen-bond acceptors (Lipinski definition) is 6. The minimum atomic E-state index is -0.776. The van der Waals surface area contributed by atoms with Gasteiger partial charge >= 0.3 is 17.9 Å². The van der Waals surface area contributed by atoms with Crippen molar-refractivity contribution in [3.63, 3.8) is 0 Å². The van der Waals surface area contributed by atoms with Crippen LogP contribution in [0.5, 0.6) is 0 Å². The van der Waals surface area contributed by atoms with Gasteiger partial charge in [0.2, 0.25) is 0 Å². The Morgan fingerprint density at radius 1 is 0.284 bits per heavy atom. The first-order valence-electron chi connectivity index (χ1n) is 31.9. The Balaban J connectivity index is 4.20. The van der Waals surface area contributed by atoms with Crippen LogP contribution in [0.2, 0.25) is 0 Å². The van der Waals surface area contributed by atoms with Crippen molar-refractivity contribution in [2.45, 2.75) is 329 Å². The number of unbranched alkanes of at least 4 members (excludes halogenated alkanes) is 35. The average Bonchev–Trinajstić information content (AvgIpc) is 3.40. The number of carbonyl (C=O) groups is 3. The van der Waals surface area contributed by atoms with Crippen LogP contribution in [0.4, 0.5) is 0 Å². The summed E-state index contributed by atoms with van der Waals surface area (Å²) in [6.07, 6.45) is 80.5. The lowest BCUT2D eigenvalue weighted by Crippen LogP contribution is -2.30. The Hall–Kier alpha value is -3.15. The molecule has 428 valence electrons. The summed E-state index contributed by atoms with van der Waals surface area (Å²) in [5.41, 5.74) is 0. The van der Waals surface area contributed by atoms with Crippen molar-refractivity contribution in [3.8, 4) is 0 Å². The maximum absolute atomic E-state index is 12.9.